The van der Waals surface area contributed by atoms with Crippen LogP contribution in [0.3, 0.4) is 0 Å². The molecule has 0 aromatic carbocycles. The second kappa shape index (κ2) is 5.90. The third kappa shape index (κ3) is 2.79. The van der Waals surface area contributed by atoms with Crippen molar-refractivity contribution in [3.63, 3.8) is 0 Å². The van der Waals surface area contributed by atoms with Crippen LogP contribution in [0.25, 0.3) is 11.2 Å². The van der Waals surface area contributed by atoms with E-state index in [0.717, 1.165) is 35.7 Å². The summed E-state index contributed by atoms with van der Waals surface area (Å²) in [4.78, 5) is 9.20. The van der Waals surface area contributed by atoms with Crippen LogP contribution in [-0.2, 0) is 6.42 Å². The molecule has 3 nitrogen and oxygen atoms in total. The number of aryl methyl sites for hydroxylation is 1. The van der Waals surface area contributed by atoms with E-state index in [-0.39, 0.29) is 0 Å². The van der Waals surface area contributed by atoms with E-state index in [1.807, 2.05) is 6.07 Å². The lowest BCUT2D eigenvalue weighted by Gasteiger charge is -2.19. The minimum atomic E-state index is 0.472. The summed E-state index contributed by atoms with van der Waals surface area (Å²) in [6.07, 6.45) is 7.54. The maximum Gasteiger partial charge on any atom is 0.160 e. The Labute approximate surface area is 129 Å². The Morgan fingerprint density at radius 3 is 2.90 bits per heavy atom. The second-order valence-corrected chi connectivity index (χ2v) is 6.39. The highest BCUT2D eigenvalue weighted by Gasteiger charge is 2.27. The first-order valence-electron chi connectivity index (χ1n) is 7.31. The molecule has 1 atom stereocenters. The van der Waals surface area contributed by atoms with Crippen LogP contribution < -0.4 is 0 Å². The number of aromatic nitrogens is 3. The van der Waals surface area contributed by atoms with Gasteiger partial charge in [0, 0.05) is 24.5 Å². The molecule has 5 heteroatoms. The van der Waals surface area contributed by atoms with Crippen molar-refractivity contribution < 1.29 is 0 Å². The van der Waals surface area contributed by atoms with Crippen LogP contribution in [0.1, 0.15) is 44.5 Å². The fraction of sp³-hybridized carbons (Fsp3) is 0.600. The van der Waals surface area contributed by atoms with Crippen molar-refractivity contribution in [2.75, 3.05) is 5.88 Å². The molecule has 2 aromatic heterocycles. The van der Waals surface area contributed by atoms with E-state index < -0.39 is 0 Å². The summed E-state index contributed by atoms with van der Waals surface area (Å²) in [6, 6.07) is 2.36. The van der Waals surface area contributed by atoms with Gasteiger partial charge in [0.2, 0.25) is 0 Å². The zero-order valence-electron chi connectivity index (χ0n) is 11.6. The Morgan fingerprint density at radius 1 is 1.45 bits per heavy atom. The topological polar surface area (TPSA) is 30.7 Å². The summed E-state index contributed by atoms with van der Waals surface area (Å²) >= 11 is 12.0. The van der Waals surface area contributed by atoms with Crippen LogP contribution >= 0.6 is 23.2 Å². The van der Waals surface area contributed by atoms with E-state index in [1.54, 1.807) is 6.20 Å². The van der Waals surface area contributed by atoms with Crippen molar-refractivity contribution in [1.29, 1.82) is 0 Å². The Kier molecular flexibility index (Phi) is 4.18. The maximum absolute atomic E-state index is 6.03. The van der Waals surface area contributed by atoms with Gasteiger partial charge < -0.3 is 4.57 Å². The van der Waals surface area contributed by atoms with E-state index >= 15 is 0 Å². The van der Waals surface area contributed by atoms with E-state index in [2.05, 4.69) is 16.5 Å². The standard InChI is InChI=1S/C15H19Cl2N3/c1-2-12(7-10-3-4-10)20-14(5-6-16)19-13-8-11(17)9-18-15(13)20/h8-10,12H,2-7H2,1H3. The van der Waals surface area contributed by atoms with E-state index in [0.29, 0.717) is 16.9 Å². The Hall–Kier alpha value is -0.800. The number of alkyl halides is 1. The van der Waals surface area contributed by atoms with Gasteiger partial charge in [-0.15, -0.1) is 11.6 Å². The molecule has 2 aromatic rings. The van der Waals surface area contributed by atoms with Crippen LogP contribution in [0.15, 0.2) is 12.3 Å². The van der Waals surface area contributed by atoms with Gasteiger partial charge in [-0.1, -0.05) is 31.4 Å². The van der Waals surface area contributed by atoms with Crippen molar-refractivity contribution in [2.45, 2.75) is 45.1 Å². The van der Waals surface area contributed by atoms with Crippen LogP contribution in [0.5, 0.6) is 0 Å². The summed E-state index contributed by atoms with van der Waals surface area (Å²) in [5.74, 6) is 2.50. The fourth-order valence-corrected chi connectivity index (χ4v) is 3.16. The zero-order chi connectivity index (χ0) is 14.1. The molecule has 1 aliphatic rings. The van der Waals surface area contributed by atoms with Crippen LogP contribution in [0.4, 0.5) is 0 Å². The highest BCUT2D eigenvalue weighted by atomic mass is 35.5. The Balaban J connectivity index is 2.06. The Morgan fingerprint density at radius 2 is 2.25 bits per heavy atom. The molecule has 0 aliphatic heterocycles. The fourth-order valence-electron chi connectivity index (χ4n) is 2.84. The predicted molar refractivity (Wildman–Crippen MR) is 83.6 cm³/mol. The number of halogens is 2. The summed E-state index contributed by atoms with van der Waals surface area (Å²) in [7, 11) is 0. The maximum atomic E-state index is 6.03. The third-order valence-corrected chi connectivity index (χ3v) is 4.42. The molecule has 0 spiro atoms. The van der Waals surface area contributed by atoms with Gasteiger partial charge in [0.25, 0.3) is 0 Å². The van der Waals surface area contributed by atoms with Crippen molar-refractivity contribution >= 4 is 34.4 Å². The zero-order valence-corrected chi connectivity index (χ0v) is 13.2. The average molecular weight is 312 g/mol. The van der Waals surface area contributed by atoms with E-state index in [9.17, 15) is 0 Å². The molecule has 1 unspecified atom stereocenters. The molecule has 20 heavy (non-hydrogen) atoms. The molecule has 1 saturated carbocycles. The number of hydrogen-bond acceptors (Lipinski definition) is 2. The average Bonchev–Trinajstić information content (AvgIpc) is 3.18. The lowest BCUT2D eigenvalue weighted by molar-refractivity contribution is 0.425. The van der Waals surface area contributed by atoms with Gasteiger partial charge in [-0.05, 0) is 24.8 Å². The Bertz CT molecular complexity index is 604. The first kappa shape index (κ1) is 14.2. The minimum Gasteiger partial charge on any atom is -0.310 e. The number of imidazole rings is 1. The lowest BCUT2D eigenvalue weighted by Crippen LogP contribution is -2.13. The quantitative estimate of drug-likeness (QED) is 0.729. The van der Waals surface area contributed by atoms with Crippen molar-refractivity contribution in [3.05, 3.63) is 23.1 Å². The second-order valence-electron chi connectivity index (χ2n) is 5.57. The van der Waals surface area contributed by atoms with Gasteiger partial charge >= 0.3 is 0 Å². The lowest BCUT2D eigenvalue weighted by atomic mass is 10.1. The molecule has 0 radical (unpaired) electrons. The van der Waals surface area contributed by atoms with Gasteiger partial charge in [0.1, 0.15) is 11.3 Å². The van der Waals surface area contributed by atoms with Gasteiger partial charge in [0.05, 0.1) is 5.02 Å². The molecule has 0 amide bonds. The van der Waals surface area contributed by atoms with Crippen LogP contribution in [-0.4, -0.2) is 20.4 Å². The molecular weight excluding hydrogens is 293 g/mol. The molecule has 0 bridgehead atoms. The normalized spacial score (nSPS) is 16.8. The summed E-state index contributed by atoms with van der Waals surface area (Å²) in [6.45, 7) is 2.24. The monoisotopic (exact) mass is 311 g/mol. The van der Waals surface area contributed by atoms with Gasteiger partial charge in [-0.25, -0.2) is 9.97 Å². The highest BCUT2D eigenvalue weighted by molar-refractivity contribution is 6.31. The van der Waals surface area contributed by atoms with Crippen LogP contribution in [0.2, 0.25) is 5.02 Å². The van der Waals surface area contributed by atoms with E-state index in [4.69, 9.17) is 28.2 Å². The largest absolute Gasteiger partial charge is 0.310 e. The molecular formula is C15H19Cl2N3. The number of nitrogens with zero attached hydrogens (tertiary/aromatic N) is 3. The highest BCUT2D eigenvalue weighted by Crippen LogP contribution is 2.39. The minimum absolute atomic E-state index is 0.472. The summed E-state index contributed by atoms with van der Waals surface area (Å²) in [5, 5.41) is 0.634. The number of pyridine rings is 1. The SMILES string of the molecule is CCC(CC1CC1)n1c(CCCl)nc2cc(Cl)cnc21. The van der Waals surface area contributed by atoms with Crippen molar-refractivity contribution in [1.82, 2.24) is 14.5 Å². The molecule has 1 aliphatic carbocycles. The van der Waals surface area contributed by atoms with Crippen LogP contribution in [0, 0.1) is 5.92 Å². The number of hydrogen-bond donors (Lipinski definition) is 0. The third-order valence-electron chi connectivity index (χ3n) is 4.03. The molecule has 0 saturated heterocycles. The number of fused-ring (bicyclic) bond motifs is 1. The molecule has 1 fully saturated rings. The summed E-state index contributed by atoms with van der Waals surface area (Å²) in [5.41, 5.74) is 1.83. The molecule has 3 rings (SSSR count). The molecule has 0 N–H and O–H groups in total. The smallest absolute Gasteiger partial charge is 0.160 e. The molecule has 108 valence electrons. The van der Waals surface area contributed by atoms with Gasteiger partial charge in [-0.3, -0.25) is 0 Å². The van der Waals surface area contributed by atoms with Crippen molar-refractivity contribution in [3.8, 4) is 0 Å². The first-order valence-corrected chi connectivity index (χ1v) is 8.22. The summed E-state index contributed by atoms with van der Waals surface area (Å²) < 4.78 is 2.30. The van der Waals surface area contributed by atoms with Gasteiger partial charge in [-0.2, -0.15) is 0 Å². The van der Waals surface area contributed by atoms with Crippen molar-refractivity contribution in [2.24, 2.45) is 5.92 Å². The van der Waals surface area contributed by atoms with Gasteiger partial charge in [0.15, 0.2) is 5.65 Å². The molecule has 2 heterocycles. The number of rotatable bonds is 6. The predicted octanol–water partition coefficient (Wildman–Crippen LogP) is 4.62. The first-order chi connectivity index (χ1) is 9.72. The van der Waals surface area contributed by atoms with E-state index in [1.165, 1.54) is 19.3 Å².